The molecule has 0 saturated carbocycles. The van der Waals surface area contributed by atoms with Crippen LogP contribution < -0.4 is 0 Å². The molecule has 0 aliphatic rings. The van der Waals surface area contributed by atoms with Gasteiger partial charge in [0.1, 0.15) is 0 Å². The molecule has 0 aliphatic heterocycles. The fraction of sp³-hybridized carbons (Fsp3) is 0.875. The van der Waals surface area contributed by atoms with Crippen molar-refractivity contribution in [2.24, 2.45) is 0 Å². The van der Waals surface area contributed by atoms with Gasteiger partial charge in [0.2, 0.25) is 0 Å². The zero-order valence-corrected chi connectivity index (χ0v) is 9.89. The number of aliphatic carboxylic acids is 1. The number of carbonyl (C=O) groups is 1. The molecule has 0 heterocycles. The van der Waals surface area contributed by atoms with Crippen molar-refractivity contribution in [1.29, 1.82) is 0 Å². The second-order valence-electron chi connectivity index (χ2n) is 2.58. The van der Waals surface area contributed by atoms with Crippen LogP contribution in [0.3, 0.4) is 0 Å². The van der Waals surface area contributed by atoms with Crippen LogP contribution in [0, 0.1) is 0 Å². The summed E-state index contributed by atoms with van der Waals surface area (Å²) in [4.78, 5) is 9.00. The van der Waals surface area contributed by atoms with Gasteiger partial charge >= 0.3 is 64.2 Å². The average Bonchev–Trinajstić information content (AvgIpc) is 1.88. The summed E-state index contributed by atoms with van der Waals surface area (Å²) in [6, 6.07) is 0. The fourth-order valence-electron chi connectivity index (χ4n) is 0.677. The van der Waals surface area contributed by atoms with Gasteiger partial charge in [0.15, 0.2) is 0 Å². The van der Waals surface area contributed by atoms with E-state index >= 15 is 0 Å². The van der Waals surface area contributed by atoms with Crippen LogP contribution >= 0.6 is 0 Å². The van der Waals surface area contributed by atoms with E-state index in [0.29, 0.717) is 0 Å². The number of carboxylic acids is 1. The van der Waals surface area contributed by atoms with Crippen molar-refractivity contribution >= 4 is 33.9 Å². The first-order valence-electron chi connectivity index (χ1n) is 4.34. The van der Waals surface area contributed by atoms with Gasteiger partial charge in [0.25, 0.3) is 5.97 Å². The predicted molar refractivity (Wildman–Crippen MR) is 48.0 cm³/mol. The summed E-state index contributed by atoms with van der Waals surface area (Å²) in [5, 5.41) is 7.42. The first-order valence-corrected chi connectivity index (χ1v) is 5.76. The van der Waals surface area contributed by atoms with Crippen LogP contribution in [0.1, 0.15) is 39.5 Å². The summed E-state index contributed by atoms with van der Waals surface area (Å²) in [6.45, 7) is 3.34. The van der Waals surface area contributed by atoms with Gasteiger partial charge in [-0.05, 0) is 0 Å². The average molecular weight is 168 g/mol. The molecule has 62 valence electrons. The minimum atomic E-state index is -0.833. The Kier molecular flexibility index (Phi) is 16.7. The molecule has 0 bridgehead atoms. The fourth-order valence-corrected chi connectivity index (χ4v) is 1.18. The van der Waals surface area contributed by atoms with Gasteiger partial charge < -0.3 is 5.11 Å². The third kappa shape index (κ3) is 37.6. The Morgan fingerprint density at radius 2 is 1.82 bits per heavy atom. The number of unbranched alkanes of at least 4 members (excludes halogenated alkanes) is 3. The molecular weight excluding hydrogens is 151 g/mol. The summed E-state index contributed by atoms with van der Waals surface area (Å²) in [5.41, 5.74) is 0. The van der Waals surface area contributed by atoms with Gasteiger partial charge in [0.05, 0.1) is 0 Å². The van der Waals surface area contributed by atoms with Crippen LogP contribution in [0.5, 0.6) is 0 Å². The molecular formula is C8H17NaO2. The van der Waals surface area contributed by atoms with E-state index in [0.717, 1.165) is 6.92 Å². The molecule has 11 heavy (non-hydrogen) atoms. The van der Waals surface area contributed by atoms with Gasteiger partial charge in [-0.3, -0.25) is 4.79 Å². The third-order valence-corrected chi connectivity index (χ3v) is 1.91. The molecule has 0 aliphatic carbocycles. The molecule has 0 spiro atoms. The molecule has 3 heteroatoms. The molecule has 0 amide bonds. The quantitative estimate of drug-likeness (QED) is 0.516. The number of hydrogen-bond acceptors (Lipinski definition) is 1. The van der Waals surface area contributed by atoms with Crippen molar-refractivity contribution in [2.75, 3.05) is 0 Å². The Bertz CT molecular complexity index is 76.2. The van der Waals surface area contributed by atoms with Crippen LogP contribution in [-0.2, 0) is 4.79 Å². The van der Waals surface area contributed by atoms with Crippen molar-refractivity contribution in [3.63, 3.8) is 0 Å². The second kappa shape index (κ2) is 13.1. The van der Waals surface area contributed by atoms with Gasteiger partial charge in [0, 0.05) is 6.92 Å². The zero-order chi connectivity index (χ0) is 9.11. The SMILES string of the molecule is CC(=O)O.CCCCC[CH2][Na]. The maximum atomic E-state index is 9.00. The van der Waals surface area contributed by atoms with E-state index in [1.165, 1.54) is 57.3 Å². The van der Waals surface area contributed by atoms with Gasteiger partial charge in [-0.25, -0.2) is 0 Å². The van der Waals surface area contributed by atoms with E-state index in [1.54, 1.807) is 0 Å². The Balaban J connectivity index is 0. The first kappa shape index (κ1) is 14.0. The van der Waals surface area contributed by atoms with Gasteiger partial charge in [-0.15, -0.1) is 0 Å². The van der Waals surface area contributed by atoms with E-state index in [9.17, 15) is 0 Å². The maximum absolute atomic E-state index is 9.00. The van der Waals surface area contributed by atoms with Crippen molar-refractivity contribution in [3.05, 3.63) is 0 Å². The second-order valence-corrected chi connectivity index (χ2v) is 3.58. The first-order chi connectivity index (χ1) is 5.15. The topological polar surface area (TPSA) is 37.3 Å². The number of rotatable bonds is 4. The summed E-state index contributed by atoms with van der Waals surface area (Å²) in [5.74, 6) is -0.833. The van der Waals surface area contributed by atoms with Crippen molar-refractivity contribution in [3.8, 4) is 0 Å². The summed E-state index contributed by atoms with van der Waals surface area (Å²) in [7, 11) is 0. The molecule has 1 N–H and O–H groups in total. The van der Waals surface area contributed by atoms with Crippen molar-refractivity contribution < 1.29 is 9.90 Å². The van der Waals surface area contributed by atoms with Gasteiger partial charge in [-0.2, -0.15) is 0 Å². The molecule has 0 radical (unpaired) electrons. The standard InChI is InChI=1S/C6H13.C2H4O2.Na/c1-3-5-6-4-2;1-2(3)4;/h1,3-6H2,2H3;1H3,(H,3,4);. The summed E-state index contributed by atoms with van der Waals surface area (Å²) in [6.07, 6.45) is 5.78. The zero-order valence-electron chi connectivity index (χ0n) is 7.89. The Labute approximate surface area is 86.8 Å². The van der Waals surface area contributed by atoms with Crippen LogP contribution in [-0.4, -0.2) is 39.0 Å². The molecule has 0 atom stereocenters. The summed E-state index contributed by atoms with van der Waals surface area (Å²) < 4.78 is 1.50. The normalized spacial score (nSPS) is 8.36. The van der Waals surface area contributed by atoms with Crippen molar-refractivity contribution in [2.45, 2.75) is 43.2 Å². The molecule has 0 aromatic heterocycles. The molecule has 0 fully saturated rings. The third-order valence-electron chi connectivity index (χ3n) is 1.21. The Hall–Kier alpha value is 0.470. The monoisotopic (exact) mass is 168 g/mol. The molecule has 0 aromatic carbocycles. The molecule has 0 saturated heterocycles. The van der Waals surface area contributed by atoms with E-state index < -0.39 is 5.97 Å². The minimum absolute atomic E-state index is 0.833. The molecule has 0 aromatic rings. The van der Waals surface area contributed by atoms with E-state index in [2.05, 4.69) is 6.92 Å². The van der Waals surface area contributed by atoms with Crippen LogP contribution in [0.25, 0.3) is 0 Å². The van der Waals surface area contributed by atoms with Crippen molar-refractivity contribution in [1.82, 2.24) is 0 Å². The molecule has 0 unspecified atom stereocenters. The summed E-state index contributed by atoms with van der Waals surface area (Å²) >= 11 is 1.41. The van der Waals surface area contributed by atoms with E-state index in [1.807, 2.05) is 0 Å². The van der Waals surface area contributed by atoms with E-state index in [-0.39, 0.29) is 0 Å². The van der Waals surface area contributed by atoms with Gasteiger partial charge in [-0.1, -0.05) is 0 Å². The van der Waals surface area contributed by atoms with Crippen LogP contribution in [0.15, 0.2) is 0 Å². The van der Waals surface area contributed by atoms with E-state index in [4.69, 9.17) is 9.90 Å². The predicted octanol–water partition coefficient (Wildman–Crippen LogP) is 2.24. The van der Waals surface area contributed by atoms with Crippen LogP contribution in [0.4, 0.5) is 0 Å². The number of carboxylic acid groups (broad SMARTS) is 1. The van der Waals surface area contributed by atoms with Crippen LogP contribution in [0.2, 0.25) is 3.67 Å². The Morgan fingerprint density at radius 3 is 2.09 bits per heavy atom. The number of hydrogen-bond donors (Lipinski definition) is 1. The molecule has 0 rings (SSSR count). The Morgan fingerprint density at radius 1 is 1.36 bits per heavy atom. The molecule has 2 nitrogen and oxygen atoms in total.